The highest BCUT2D eigenvalue weighted by atomic mass is 32.2. The standard InChI is InChI=1S/C9H20N2O3S/c1-9(6-13-2,7-14-3)10-8(12)11-15(4)5/h6-7H2,1-5H3,(H,10,12). The molecule has 6 heteroatoms. The molecule has 0 saturated carbocycles. The molecular formula is C9H20N2O3S. The summed E-state index contributed by atoms with van der Waals surface area (Å²) in [7, 11) is 2.91. The number of carbonyl (C=O) groups excluding carboxylic acids is 1. The number of amides is 2. The first-order valence-corrected chi connectivity index (χ1v) is 6.53. The van der Waals surface area contributed by atoms with E-state index < -0.39 is 5.54 Å². The quantitative estimate of drug-likeness (QED) is 0.768. The molecule has 2 amide bonds. The fourth-order valence-electron chi connectivity index (χ4n) is 1.20. The van der Waals surface area contributed by atoms with Crippen molar-refractivity contribution in [1.29, 1.82) is 0 Å². The monoisotopic (exact) mass is 236 g/mol. The molecule has 0 rings (SSSR count). The van der Waals surface area contributed by atoms with E-state index >= 15 is 0 Å². The lowest BCUT2D eigenvalue weighted by atomic mass is 10.1. The largest absolute Gasteiger partial charge is 0.382 e. The summed E-state index contributed by atoms with van der Waals surface area (Å²) in [4.78, 5) is 11.4. The van der Waals surface area contributed by atoms with Gasteiger partial charge in [0.25, 0.3) is 0 Å². The number of nitrogens with one attached hydrogen (secondary N) is 1. The minimum absolute atomic E-state index is 0.257. The van der Waals surface area contributed by atoms with Crippen LogP contribution in [0, 0.1) is 0 Å². The lowest BCUT2D eigenvalue weighted by Crippen LogP contribution is -2.51. The Kier molecular flexibility index (Phi) is 6.71. The van der Waals surface area contributed by atoms with Crippen molar-refractivity contribution >= 4 is 16.7 Å². The molecule has 0 heterocycles. The van der Waals surface area contributed by atoms with Crippen LogP contribution in [0.15, 0.2) is 4.36 Å². The van der Waals surface area contributed by atoms with Crippen LogP contribution in [0.1, 0.15) is 6.92 Å². The van der Waals surface area contributed by atoms with E-state index in [1.807, 2.05) is 19.4 Å². The average Bonchev–Trinajstić information content (AvgIpc) is 2.01. The van der Waals surface area contributed by atoms with Crippen LogP contribution in [-0.4, -0.2) is 51.5 Å². The van der Waals surface area contributed by atoms with Crippen LogP contribution in [0.3, 0.4) is 0 Å². The second kappa shape index (κ2) is 6.92. The Morgan fingerprint density at radius 1 is 1.33 bits per heavy atom. The van der Waals surface area contributed by atoms with E-state index in [-0.39, 0.29) is 16.7 Å². The predicted molar refractivity (Wildman–Crippen MR) is 62.3 cm³/mol. The SMILES string of the molecule is COCC(C)(COC)NC(=O)N=S(C)C. The molecule has 5 nitrogen and oxygen atoms in total. The Morgan fingerprint density at radius 2 is 1.80 bits per heavy atom. The number of nitrogens with zero attached hydrogens (tertiary/aromatic N) is 1. The van der Waals surface area contributed by atoms with Gasteiger partial charge in [-0.05, 0) is 19.4 Å². The Balaban J connectivity index is 4.40. The normalized spacial score (nSPS) is 11.6. The summed E-state index contributed by atoms with van der Waals surface area (Å²) in [5.74, 6) is 0. The summed E-state index contributed by atoms with van der Waals surface area (Å²) in [6.07, 6.45) is 3.76. The van der Waals surface area contributed by atoms with Gasteiger partial charge in [-0.1, -0.05) is 10.7 Å². The lowest BCUT2D eigenvalue weighted by molar-refractivity contribution is 0.0580. The minimum atomic E-state index is -0.524. The van der Waals surface area contributed by atoms with Crippen LogP contribution in [0.4, 0.5) is 4.79 Å². The fraction of sp³-hybridized carbons (Fsp3) is 0.889. The number of hydrogen-bond donors (Lipinski definition) is 1. The molecule has 0 bridgehead atoms. The van der Waals surface area contributed by atoms with Gasteiger partial charge in [-0.25, -0.2) is 4.79 Å². The molecule has 0 aliphatic rings. The van der Waals surface area contributed by atoms with Crippen molar-refractivity contribution in [1.82, 2.24) is 5.32 Å². The highest BCUT2D eigenvalue weighted by Gasteiger charge is 2.26. The Hall–Kier alpha value is -0.460. The molecule has 0 saturated heterocycles. The van der Waals surface area contributed by atoms with Gasteiger partial charge in [-0.2, -0.15) is 4.36 Å². The van der Waals surface area contributed by atoms with E-state index in [1.165, 1.54) is 0 Å². The molecule has 90 valence electrons. The van der Waals surface area contributed by atoms with Gasteiger partial charge >= 0.3 is 6.03 Å². The summed E-state index contributed by atoms with van der Waals surface area (Å²) in [6.45, 7) is 2.64. The first kappa shape index (κ1) is 14.5. The van der Waals surface area contributed by atoms with Crippen molar-refractivity contribution in [3.05, 3.63) is 0 Å². The Morgan fingerprint density at radius 3 is 2.13 bits per heavy atom. The number of hydrogen-bond acceptors (Lipinski definition) is 3. The van der Waals surface area contributed by atoms with Gasteiger partial charge < -0.3 is 14.8 Å². The van der Waals surface area contributed by atoms with Gasteiger partial charge in [0.15, 0.2) is 0 Å². The Bertz CT molecular complexity index is 234. The maximum Gasteiger partial charge on any atom is 0.347 e. The molecule has 15 heavy (non-hydrogen) atoms. The average molecular weight is 236 g/mol. The van der Waals surface area contributed by atoms with Crippen molar-refractivity contribution < 1.29 is 14.3 Å². The second-order valence-electron chi connectivity index (χ2n) is 3.72. The first-order valence-electron chi connectivity index (χ1n) is 4.53. The third-order valence-corrected chi connectivity index (χ3v) is 2.13. The number of carbonyl (C=O) groups is 1. The maximum atomic E-state index is 11.4. The number of rotatable bonds is 5. The zero-order valence-corrected chi connectivity index (χ0v) is 10.8. The zero-order valence-electron chi connectivity index (χ0n) is 9.99. The molecule has 0 unspecified atom stereocenters. The van der Waals surface area contributed by atoms with Crippen LogP contribution in [0.2, 0.25) is 0 Å². The van der Waals surface area contributed by atoms with Gasteiger partial charge in [0.2, 0.25) is 0 Å². The van der Waals surface area contributed by atoms with Gasteiger partial charge in [0, 0.05) is 14.2 Å². The Labute approximate surface area is 93.6 Å². The fourth-order valence-corrected chi connectivity index (χ4v) is 1.58. The van der Waals surface area contributed by atoms with Gasteiger partial charge in [-0.3, -0.25) is 0 Å². The van der Waals surface area contributed by atoms with Crippen molar-refractivity contribution in [2.75, 3.05) is 39.9 Å². The molecule has 0 fully saturated rings. The molecule has 0 spiro atoms. The predicted octanol–water partition coefficient (Wildman–Crippen LogP) is 0.809. The van der Waals surface area contributed by atoms with Crippen LogP contribution >= 0.6 is 0 Å². The van der Waals surface area contributed by atoms with Crippen molar-refractivity contribution in [3.63, 3.8) is 0 Å². The third kappa shape index (κ3) is 6.59. The summed E-state index contributed by atoms with van der Waals surface area (Å²) >= 11 is 0. The van der Waals surface area contributed by atoms with Crippen LogP contribution in [-0.2, 0) is 20.2 Å². The zero-order chi connectivity index (χ0) is 11.9. The summed E-state index contributed by atoms with van der Waals surface area (Å²) in [5.41, 5.74) is -0.524. The van der Waals surface area contributed by atoms with E-state index in [0.29, 0.717) is 13.2 Å². The van der Waals surface area contributed by atoms with E-state index in [2.05, 4.69) is 9.68 Å². The summed E-state index contributed by atoms with van der Waals surface area (Å²) in [5, 5.41) is 2.78. The number of urea groups is 1. The van der Waals surface area contributed by atoms with Crippen LogP contribution in [0.5, 0.6) is 0 Å². The van der Waals surface area contributed by atoms with E-state index in [1.54, 1.807) is 14.2 Å². The van der Waals surface area contributed by atoms with E-state index in [4.69, 9.17) is 9.47 Å². The van der Waals surface area contributed by atoms with Crippen molar-refractivity contribution in [3.8, 4) is 0 Å². The van der Waals surface area contributed by atoms with Crippen molar-refractivity contribution in [2.45, 2.75) is 12.5 Å². The molecule has 0 aromatic heterocycles. The van der Waals surface area contributed by atoms with Crippen molar-refractivity contribution in [2.24, 2.45) is 4.36 Å². The third-order valence-electron chi connectivity index (χ3n) is 1.60. The topological polar surface area (TPSA) is 59.9 Å². The highest BCUT2D eigenvalue weighted by molar-refractivity contribution is 7.86. The molecule has 0 atom stereocenters. The van der Waals surface area contributed by atoms with Gasteiger partial charge in [-0.15, -0.1) is 0 Å². The first-order chi connectivity index (χ1) is 6.93. The molecular weight excluding hydrogens is 216 g/mol. The highest BCUT2D eigenvalue weighted by Crippen LogP contribution is 2.05. The minimum Gasteiger partial charge on any atom is -0.382 e. The smallest absolute Gasteiger partial charge is 0.347 e. The lowest BCUT2D eigenvalue weighted by Gasteiger charge is -2.28. The summed E-state index contributed by atoms with van der Waals surface area (Å²) in [6, 6.07) is -0.320. The molecule has 0 radical (unpaired) electrons. The van der Waals surface area contributed by atoms with E-state index in [9.17, 15) is 4.79 Å². The number of ether oxygens (including phenoxy) is 2. The van der Waals surface area contributed by atoms with Crippen LogP contribution < -0.4 is 5.32 Å². The molecule has 1 N–H and O–H groups in total. The molecule has 0 aromatic rings. The van der Waals surface area contributed by atoms with Gasteiger partial charge in [0.1, 0.15) is 0 Å². The van der Waals surface area contributed by atoms with E-state index in [0.717, 1.165) is 0 Å². The molecule has 0 aliphatic carbocycles. The number of methoxy groups -OCH3 is 2. The summed E-state index contributed by atoms with van der Waals surface area (Å²) < 4.78 is 14.0. The molecule has 0 aromatic carbocycles. The van der Waals surface area contributed by atoms with Gasteiger partial charge in [0.05, 0.1) is 18.8 Å². The molecule has 0 aliphatic heterocycles. The van der Waals surface area contributed by atoms with Crippen LogP contribution in [0.25, 0.3) is 0 Å². The maximum absolute atomic E-state index is 11.4. The second-order valence-corrected chi connectivity index (χ2v) is 5.45.